The molecule has 2 aromatic rings. The molecule has 2 aromatic carbocycles. The van der Waals surface area contributed by atoms with Gasteiger partial charge in [0.1, 0.15) is 11.5 Å². The summed E-state index contributed by atoms with van der Waals surface area (Å²) < 4.78 is 0. The van der Waals surface area contributed by atoms with Gasteiger partial charge in [-0.3, -0.25) is 15.2 Å². The van der Waals surface area contributed by atoms with Gasteiger partial charge in [-0.15, -0.1) is 12.4 Å². The van der Waals surface area contributed by atoms with Crippen molar-refractivity contribution in [2.24, 2.45) is 11.0 Å². The molecule has 0 unspecified atom stereocenters. The molecule has 0 bridgehead atoms. The zero-order chi connectivity index (χ0) is 22.0. The summed E-state index contributed by atoms with van der Waals surface area (Å²) in [6, 6.07) is 12.0. The third-order valence-electron chi connectivity index (χ3n) is 5.87. The number of carbonyl (C=O) groups excluding carboxylic acids is 1. The minimum Gasteiger partial charge on any atom is -0.508 e. The zero-order valence-electron chi connectivity index (χ0n) is 17.8. The predicted molar refractivity (Wildman–Crippen MR) is 132 cm³/mol. The Labute approximate surface area is 204 Å². The van der Waals surface area contributed by atoms with Gasteiger partial charge in [-0.2, -0.15) is 5.10 Å². The fourth-order valence-electron chi connectivity index (χ4n) is 4.24. The van der Waals surface area contributed by atoms with Crippen LogP contribution in [0, 0.1) is 5.92 Å². The fourth-order valence-corrected chi connectivity index (χ4v) is 4.73. The van der Waals surface area contributed by atoms with Crippen LogP contribution in [0.4, 0.5) is 5.69 Å². The maximum absolute atomic E-state index is 13.2. The van der Waals surface area contributed by atoms with Crippen molar-refractivity contribution in [3.8, 4) is 5.75 Å². The molecule has 1 fully saturated rings. The van der Waals surface area contributed by atoms with Gasteiger partial charge < -0.3 is 5.11 Å². The molecule has 32 heavy (non-hydrogen) atoms. The van der Waals surface area contributed by atoms with E-state index in [4.69, 9.17) is 28.3 Å². The number of halogens is 3. The molecule has 4 rings (SSSR count). The summed E-state index contributed by atoms with van der Waals surface area (Å²) in [5.41, 5.74) is 5.11. The molecule has 0 saturated carbocycles. The molecular formula is C23H27Cl3N4O2. The van der Waals surface area contributed by atoms with Crippen molar-refractivity contribution >= 4 is 52.9 Å². The molecule has 2 atom stereocenters. The lowest BCUT2D eigenvalue weighted by Gasteiger charge is -2.27. The number of hydrazone groups is 1. The monoisotopic (exact) mass is 496 g/mol. The van der Waals surface area contributed by atoms with Crippen LogP contribution in [0.25, 0.3) is 0 Å². The summed E-state index contributed by atoms with van der Waals surface area (Å²) in [6.45, 7) is 3.69. The first kappa shape index (κ1) is 24.6. The smallest absolute Gasteiger partial charge is 0.282 e. The Balaban J connectivity index is 0.00000289. The summed E-state index contributed by atoms with van der Waals surface area (Å²) in [5, 5.41) is 19.2. The number of nitrogens with zero attached hydrogens (tertiary/aromatic N) is 3. The zero-order valence-corrected chi connectivity index (χ0v) is 20.1. The molecule has 1 saturated heterocycles. The second-order valence-electron chi connectivity index (χ2n) is 8.09. The van der Waals surface area contributed by atoms with Gasteiger partial charge in [0.15, 0.2) is 0 Å². The van der Waals surface area contributed by atoms with Gasteiger partial charge in [-0.1, -0.05) is 55.1 Å². The number of phenolic OH excluding ortho intramolecular Hbond substituents is 1. The first-order valence-electron chi connectivity index (χ1n) is 10.6. The van der Waals surface area contributed by atoms with E-state index in [9.17, 15) is 9.90 Å². The molecule has 2 N–H and O–H groups in total. The second-order valence-corrected chi connectivity index (χ2v) is 8.94. The third-order valence-corrected chi connectivity index (χ3v) is 6.41. The number of carbonyl (C=O) groups is 1. The van der Waals surface area contributed by atoms with Gasteiger partial charge in [0.2, 0.25) is 0 Å². The highest BCUT2D eigenvalue weighted by Gasteiger charge is 2.40. The molecule has 2 heterocycles. The van der Waals surface area contributed by atoms with E-state index in [2.05, 4.69) is 5.43 Å². The van der Waals surface area contributed by atoms with Gasteiger partial charge in [-0.25, -0.2) is 5.01 Å². The maximum Gasteiger partial charge on any atom is 0.282 e. The lowest BCUT2D eigenvalue weighted by Crippen LogP contribution is -2.46. The summed E-state index contributed by atoms with van der Waals surface area (Å²) in [5.74, 6) is -0.195. The van der Waals surface area contributed by atoms with Crippen LogP contribution in [0.15, 0.2) is 47.6 Å². The van der Waals surface area contributed by atoms with Crippen LogP contribution < -0.4 is 10.4 Å². The van der Waals surface area contributed by atoms with E-state index in [-0.39, 0.29) is 36.0 Å². The molecule has 1 amide bonds. The molecule has 2 aliphatic rings. The fraction of sp³-hybridized carbons (Fsp3) is 0.391. The normalized spacial score (nSPS) is 21.5. The van der Waals surface area contributed by atoms with E-state index in [1.165, 1.54) is 12.8 Å². The number of rotatable bonds is 4. The Kier molecular flexibility index (Phi) is 8.28. The van der Waals surface area contributed by atoms with Gasteiger partial charge in [0.05, 0.1) is 16.8 Å². The molecule has 172 valence electrons. The molecule has 0 aliphatic carbocycles. The Bertz CT molecular complexity index is 976. The van der Waals surface area contributed by atoms with Gasteiger partial charge in [0.25, 0.3) is 5.91 Å². The average molecular weight is 498 g/mol. The molecule has 0 radical (unpaired) electrons. The van der Waals surface area contributed by atoms with E-state index in [1.807, 2.05) is 30.1 Å². The Morgan fingerprint density at radius 1 is 1.06 bits per heavy atom. The van der Waals surface area contributed by atoms with E-state index < -0.39 is 0 Å². The van der Waals surface area contributed by atoms with Crippen LogP contribution in [0.3, 0.4) is 0 Å². The number of anilines is 1. The first-order valence-corrected chi connectivity index (χ1v) is 11.4. The Morgan fingerprint density at radius 3 is 2.34 bits per heavy atom. The quantitative estimate of drug-likeness (QED) is 0.578. The molecular weight excluding hydrogens is 471 g/mol. The molecule has 0 spiro atoms. The average Bonchev–Trinajstić information content (AvgIpc) is 2.89. The standard InChI is InChI=1S/C23H26Cl2N4O2.ClH/c1-15-21(23(31)27-28-12-4-2-3-5-13-28)26-29(20-11-8-17(24)14-19(20)25)22(15)16-6-9-18(30)10-7-16;/h6-11,14-15,22,30H,2-5,12-13H2,1H3,(H,27,31);1H/t15-,22-;/m1./s1. The highest BCUT2D eigenvalue weighted by Crippen LogP contribution is 2.42. The van der Waals surface area contributed by atoms with Crippen molar-refractivity contribution in [3.05, 3.63) is 58.1 Å². The SMILES string of the molecule is C[C@@H]1C(C(=O)NN2CCCCCC2)=NN(c2ccc(Cl)cc2Cl)[C@H]1c1ccc(O)cc1.Cl. The summed E-state index contributed by atoms with van der Waals surface area (Å²) in [7, 11) is 0. The summed E-state index contributed by atoms with van der Waals surface area (Å²) >= 11 is 12.6. The summed E-state index contributed by atoms with van der Waals surface area (Å²) in [6.07, 6.45) is 4.53. The van der Waals surface area contributed by atoms with Crippen molar-refractivity contribution in [3.63, 3.8) is 0 Å². The lowest BCUT2D eigenvalue weighted by molar-refractivity contribution is -0.119. The number of hydrazine groups is 1. The van der Waals surface area contributed by atoms with E-state index in [1.54, 1.807) is 29.3 Å². The maximum atomic E-state index is 13.2. The number of phenols is 1. The number of hydrogen-bond donors (Lipinski definition) is 2. The van der Waals surface area contributed by atoms with E-state index >= 15 is 0 Å². The van der Waals surface area contributed by atoms with Crippen molar-refractivity contribution in [1.29, 1.82) is 0 Å². The minimum absolute atomic E-state index is 0. The first-order chi connectivity index (χ1) is 14.9. The number of nitrogens with one attached hydrogen (secondary N) is 1. The lowest BCUT2D eigenvalue weighted by atomic mass is 9.91. The van der Waals surface area contributed by atoms with Crippen molar-refractivity contribution in [2.75, 3.05) is 18.1 Å². The van der Waals surface area contributed by atoms with Crippen LogP contribution in [0.5, 0.6) is 5.75 Å². The van der Waals surface area contributed by atoms with Gasteiger partial charge in [-0.05, 0) is 48.7 Å². The number of amides is 1. The molecule has 6 nitrogen and oxygen atoms in total. The third kappa shape index (κ3) is 5.31. The molecule has 9 heteroatoms. The number of aromatic hydroxyl groups is 1. The molecule has 2 aliphatic heterocycles. The van der Waals surface area contributed by atoms with Crippen molar-refractivity contribution < 1.29 is 9.90 Å². The van der Waals surface area contributed by atoms with Crippen LogP contribution in [0.2, 0.25) is 10.0 Å². The van der Waals surface area contributed by atoms with Crippen molar-refractivity contribution in [1.82, 2.24) is 10.4 Å². The Hall–Kier alpha value is -1.99. The largest absolute Gasteiger partial charge is 0.508 e. The topological polar surface area (TPSA) is 68.2 Å². The van der Waals surface area contributed by atoms with Gasteiger partial charge >= 0.3 is 0 Å². The van der Waals surface area contributed by atoms with Crippen LogP contribution >= 0.6 is 35.6 Å². The highest BCUT2D eigenvalue weighted by atomic mass is 35.5. The van der Waals surface area contributed by atoms with Crippen LogP contribution in [-0.2, 0) is 4.79 Å². The van der Waals surface area contributed by atoms with E-state index in [0.717, 1.165) is 31.5 Å². The Morgan fingerprint density at radius 2 is 1.72 bits per heavy atom. The van der Waals surface area contributed by atoms with E-state index in [0.29, 0.717) is 21.4 Å². The van der Waals surface area contributed by atoms with Crippen LogP contribution in [0.1, 0.15) is 44.2 Å². The highest BCUT2D eigenvalue weighted by molar-refractivity contribution is 6.41. The minimum atomic E-state index is -0.246. The summed E-state index contributed by atoms with van der Waals surface area (Å²) in [4.78, 5) is 13.2. The number of benzene rings is 2. The predicted octanol–water partition coefficient (Wildman–Crippen LogP) is 5.58. The second kappa shape index (κ2) is 10.8. The van der Waals surface area contributed by atoms with Crippen molar-refractivity contribution in [2.45, 2.75) is 38.6 Å². The molecule has 0 aromatic heterocycles. The number of hydrogen-bond acceptors (Lipinski definition) is 5. The van der Waals surface area contributed by atoms with Gasteiger partial charge in [0, 0.05) is 24.0 Å². The van der Waals surface area contributed by atoms with Crippen LogP contribution in [-0.4, -0.2) is 34.8 Å².